The standard InChI is InChI=1S/C24H30N4O3S/c1-2-3-15-25-24(29)18-9-11-19(12-10-18)28-32(30,31)20-13-14-21-22(16-20)27-23(26-21)17-7-5-4-6-8-17/h4-8,13-14,16,18-19,28H,2-3,9-12,15H2,1H3,(H,25,29)(H,26,27). The fraction of sp³-hybridized carbons (Fsp3) is 0.417. The van der Waals surface area contributed by atoms with Crippen molar-refractivity contribution < 1.29 is 13.2 Å². The number of hydrogen-bond acceptors (Lipinski definition) is 4. The molecule has 0 atom stereocenters. The summed E-state index contributed by atoms with van der Waals surface area (Å²) >= 11 is 0. The van der Waals surface area contributed by atoms with Crippen LogP contribution in [0.25, 0.3) is 22.4 Å². The van der Waals surface area contributed by atoms with E-state index in [-0.39, 0.29) is 22.8 Å². The van der Waals surface area contributed by atoms with Crippen molar-refractivity contribution in [3.8, 4) is 11.4 Å². The summed E-state index contributed by atoms with van der Waals surface area (Å²) in [4.78, 5) is 20.3. The molecule has 3 aromatic rings. The monoisotopic (exact) mass is 454 g/mol. The molecule has 0 unspecified atom stereocenters. The van der Waals surface area contributed by atoms with E-state index in [0.29, 0.717) is 43.6 Å². The number of benzene rings is 2. The Morgan fingerprint density at radius 3 is 2.56 bits per heavy atom. The number of amides is 1. The smallest absolute Gasteiger partial charge is 0.240 e. The van der Waals surface area contributed by atoms with E-state index >= 15 is 0 Å². The van der Waals surface area contributed by atoms with Crippen molar-refractivity contribution in [1.29, 1.82) is 0 Å². The first kappa shape index (κ1) is 22.5. The van der Waals surface area contributed by atoms with E-state index in [1.165, 1.54) is 0 Å². The number of hydrogen-bond donors (Lipinski definition) is 3. The Bertz CT molecular complexity index is 1170. The number of sulfonamides is 1. The molecule has 1 fully saturated rings. The SMILES string of the molecule is CCCCNC(=O)C1CCC(NS(=O)(=O)c2ccc3[nH]c(-c4ccccc4)nc3c2)CC1. The number of unbranched alkanes of at least 4 members (excludes halogenated alkanes) is 1. The zero-order chi connectivity index (χ0) is 22.6. The molecule has 0 radical (unpaired) electrons. The number of aromatic amines is 1. The van der Waals surface area contributed by atoms with Gasteiger partial charge in [-0.3, -0.25) is 4.79 Å². The van der Waals surface area contributed by atoms with Crippen LogP contribution in [0, 0.1) is 5.92 Å². The Kier molecular flexibility index (Phi) is 6.91. The fourth-order valence-electron chi connectivity index (χ4n) is 4.18. The van der Waals surface area contributed by atoms with Gasteiger partial charge in [0.2, 0.25) is 15.9 Å². The third kappa shape index (κ3) is 5.19. The van der Waals surface area contributed by atoms with Gasteiger partial charge in [-0.05, 0) is 50.3 Å². The zero-order valence-electron chi connectivity index (χ0n) is 18.3. The van der Waals surface area contributed by atoms with E-state index in [1.54, 1.807) is 18.2 Å². The summed E-state index contributed by atoms with van der Waals surface area (Å²) in [6.07, 6.45) is 4.75. The second-order valence-electron chi connectivity index (χ2n) is 8.44. The second kappa shape index (κ2) is 9.83. The van der Waals surface area contributed by atoms with Crippen LogP contribution in [0.1, 0.15) is 45.4 Å². The topological polar surface area (TPSA) is 104 Å². The first-order valence-corrected chi connectivity index (χ1v) is 12.8. The maximum atomic E-state index is 13.0. The lowest BCUT2D eigenvalue weighted by atomic mass is 9.86. The Morgan fingerprint density at radius 2 is 1.84 bits per heavy atom. The highest BCUT2D eigenvalue weighted by molar-refractivity contribution is 7.89. The Labute approximate surface area is 189 Å². The van der Waals surface area contributed by atoms with Crippen LogP contribution in [0.3, 0.4) is 0 Å². The number of carbonyl (C=O) groups is 1. The molecular formula is C24H30N4O3S. The molecule has 1 aromatic heterocycles. The minimum Gasteiger partial charge on any atom is -0.356 e. The largest absolute Gasteiger partial charge is 0.356 e. The predicted molar refractivity (Wildman–Crippen MR) is 126 cm³/mol. The van der Waals surface area contributed by atoms with Crippen LogP contribution in [0.2, 0.25) is 0 Å². The van der Waals surface area contributed by atoms with Crippen LogP contribution < -0.4 is 10.0 Å². The molecule has 1 saturated carbocycles. The maximum absolute atomic E-state index is 13.0. The van der Waals surface area contributed by atoms with Gasteiger partial charge in [-0.25, -0.2) is 18.1 Å². The molecule has 1 heterocycles. The lowest BCUT2D eigenvalue weighted by Crippen LogP contribution is -2.41. The number of imidazole rings is 1. The van der Waals surface area contributed by atoms with E-state index in [2.05, 4.69) is 26.9 Å². The Hall–Kier alpha value is -2.71. The molecule has 2 aromatic carbocycles. The molecule has 8 heteroatoms. The molecule has 0 saturated heterocycles. The molecule has 4 rings (SSSR count). The molecule has 0 spiro atoms. The molecule has 1 aliphatic rings. The van der Waals surface area contributed by atoms with Gasteiger partial charge < -0.3 is 10.3 Å². The highest BCUT2D eigenvalue weighted by Gasteiger charge is 2.29. The van der Waals surface area contributed by atoms with E-state index in [4.69, 9.17) is 0 Å². The zero-order valence-corrected chi connectivity index (χ0v) is 19.1. The quantitative estimate of drug-likeness (QED) is 0.448. The van der Waals surface area contributed by atoms with Crippen LogP contribution in [0.4, 0.5) is 0 Å². The summed E-state index contributed by atoms with van der Waals surface area (Å²) in [7, 11) is -3.67. The molecular weight excluding hydrogens is 424 g/mol. The predicted octanol–water partition coefficient (Wildman–Crippen LogP) is 3.98. The summed E-state index contributed by atoms with van der Waals surface area (Å²) in [5, 5.41) is 2.99. The van der Waals surface area contributed by atoms with Gasteiger partial charge in [0, 0.05) is 24.1 Å². The number of nitrogens with one attached hydrogen (secondary N) is 3. The first-order chi connectivity index (χ1) is 15.5. The molecule has 1 aliphatic carbocycles. The van der Waals surface area contributed by atoms with Crippen molar-refractivity contribution in [2.45, 2.75) is 56.4 Å². The summed E-state index contributed by atoms with van der Waals surface area (Å²) in [6, 6.07) is 14.5. The van der Waals surface area contributed by atoms with E-state index in [1.807, 2.05) is 30.3 Å². The van der Waals surface area contributed by atoms with Gasteiger partial charge in [-0.1, -0.05) is 43.7 Å². The van der Waals surface area contributed by atoms with Gasteiger partial charge in [0.25, 0.3) is 0 Å². The van der Waals surface area contributed by atoms with Crippen LogP contribution >= 0.6 is 0 Å². The van der Waals surface area contributed by atoms with Gasteiger partial charge in [-0.15, -0.1) is 0 Å². The number of rotatable bonds is 8. The Balaban J connectivity index is 1.40. The van der Waals surface area contributed by atoms with Crippen molar-refractivity contribution in [2.24, 2.45) is 5.92 Å². The highest BCUT2D eigenvalue weighted by atomic mass is 32.2. The number of aromatic nitrogens is 2. The number of nitrogens with zero attached hydrogens (tertiary/aromatic N) is 1. The number of H-pyrrole nitrogens is 1. The van der Waals surface area contributed by atoms with Crippen molar-refractivity contribution in [3.05, 3.63) is 48.5 Å². The van der Waals surface area contributed by atoms with Crippen LogP contribution in [0.15, 0.2) is 53.4 Å². The van der Waals surface area contributed by atoms with Gasteiger partial charge in [0.05, 0.1) is 15.9 Å². The molecule has 7 nitrogen and oxygen atoms in total. The van der Waals surface area contributed by atoms with Crippen molar-refractivity contribution >= 4 is 27.0 Å². The van der Waals surface area contributed by atoms with Crippen LogP contribution in [0.5, 0.6) is 0 Å². The van der Waals surface area contributed by atoms with Gasteiger partial charge >= 0.3 is 0 Å². The third-order valence-electron chi connectivity index (χ3n) is 6.06. The van der Waals surface area contributed by atoms with Gasteiger partial charge in [0.15, 0.2) is 0 Å². The van der Waals surface area contributed by atoms with Crippen molar-refractivity contribution in [1.82, 2.24) is 20.0 Å². The molecule has 1 amide bonds. The summed E-state index contributed by atoms with van der Waals surface area (Å²) < 4.78 is 28.8. The number of carbonyl (C=O) groups excluding carboxylic acids is 1. The summed E-state index contributed by atoms with van der Waals surface area (Å²) in [6.45, 7) is 2.80. The van der Waals surface area contributed by atoms with E-state index in [0.717, 1.165) is 23.9 Å². The minimum atomic E-state index is -3.67. The van der Waals surface area contributed by atoms with E-state index in [9.17, 15) is 13.2 Å². The second-order valence-corrected chi connectivity index (χ2v) is 10.2. The minimum absolute atomic E-state index is 0.0237. The van der Waals surface area contributed by atoms with E-state index < -0.39 is 10.0 Å². The average molecular weight is 455 g/mol. The van der Waals surface area contributed by atoms with Crippen molar-refractivity contribution in [3.63, 3.8) is 0 Å². The first-order valence-electron chi connectivity index (χ1n) is 11.3. The van der Waals surface area contributed by atoms with Gasteiger partial charge in [0.1, 0.15) is 5.82 Å². The fourth-order valence-corrected chi connectivity index (χ4v) is 5.50. The summed E-state index contributed by atoms with van der Waals surface area (Å²) in [5.74, 6) is 0.779. The molecule has 170 valence electrons. The highest BCUT2D eigenvalue weighted by Crippen LogP contribution is 2.27. The van der Waals surface area contributed by atoms with Gasteiger partial charge in [-0.2, -0.15) is 0 Å². The lowest BCUT2D eigenvalue weighted by molar-refractivity contribution is -0.126. The summed E-state index contributed by atoms with van der Waals surface area (Å²) in [5.41, 5.74) is 2.35. The van der Waals surface area contributed by atoms with Crippen LogP contribution in [-0.4, -0.2) is 36.9 Å². The number of fused-ring (bicyclic) bond motifs is 1. The third-order valence-corrected chi connectivity index (χ3v) is 7.58. The average Bonchev–Trinajstić information content (AvgIpc) is 3.24. The molecule has 0 bridgehead atoms. The molecule has 3 N–H and O–H groups in total. The van der Waals surface area contributed by atoms with Crippen LogP contribution in [-0.2, 0) is 14.8 Å². The maximum Gasteiger partial charge on any atom is 0.240 e. The normalized spacial score (nSPS) is 19.2. The lowest BCUT2D eigenvalue weighted by Gasteiger charge is -2.28. The molecule has 32 heavy (non-hydrogen) atoms. The molecule has 0 aliphatic heterocycles. The Morgan fingerprint density at radius 1 is 1.09 bits per heavy atom. The van der Waals surface area contributed by atoms with Crippen molar-refractivity contribution in [2.75, 3.05) is 6.54 Å².